The van der Waals surface area contributed by atoms with Gasteiger partial charge in [0.15, 0.2) is 11.9 Å². The summed E-state index contributed by atoms with van der Waals surface area (Å²) in [5.41, 5.74) is 2.07. The lowest BCUT2D eigenvalue weighted by molar-refractivity contribution is -0.0368. The number of carbonyl (C=O) groups excluding carboxylic acids is 1. The van der Waals surface area contributed by atoms with Crippen molar-refractivity contribution in [2.45, 2.75) is 76.9 Å². The van der Waals surface area contributed by atoms with Crippen molar-refractivity contribution in [1.29, 1.82) is 0 Å². The van der Waals surface area contributed by atoms with Gasteiger partial charge in [-0.3, -0.25) is 14.4 Å². The number of nitrogens with zero attached hydrogens (tertiary/aromatic N) is 5. The number of aromatic nitrogens is 4. The zero-order valence-electron chi connectivity index (χ0n) is 21.7. The molecule has 1 amide bonds. The second-order valence-electron chi connectivity index (χ2n) is 11.0. The Bertz CT molecular complexity index is 1220. The van der Waals surface area contributed by atoms with E-state index in [0.29, 0.717) is 18.8 Å². The van der Waals surface area contributed by atoms with Gasteiger partial charge in [0.2, 0.25) is 0 Å². The standard InChI is InChI=1S/C27H37FN6O2/c1-18-13-21(10-11-33(18)17-27(2,3)28)30-26(35)25-22-14-19(20-15-29-32(4)16-20)8-9-23(22)34(31-25)24-7-5-6-12-36-24/h8-9,14-16,18,21,24H,5-7,10-13,17H2,1-4H3,(H,30,35). The number of hydrogen-bond acceptors (Lipinski definition) is 5. The molecule has 36 heavy (non-hydrogen) atoms. The first-order valence-electron chi connectivity index (χ1n) is 13.0. The van der Waals surface area contributed by atoms with E-state index in [4.69, 9.17) is 9.84 Å². The molecule has 2 saturated heterocycles. The smallest absolute Gasteiger partial charge is 0.272 e. The third-order valence-electron chi connectivity index (χ3n) is 7.32. The summed E-state index contributed by atoms with van der Waals surface area (Å²) in [5.74, 6) is -0.172. The maximum Gasteiger partial charge on any atom is 0.272 e. The van der Waals surface area contributed by atoms with E-state index in [1.807, 2.05) is 42.3 Å². The van der Waals surface area contributed by atoms with Crippen LogP contribution in [0.15, 0.2) is 30.6 Å². The van der Waals surface area contributed by atoms with E-state index in [1.165, 1.54) is 0 Å². The Morgan fingerprint density at radius 2 is 2.08 bits per heavy atom. The predicted octanol–water partition coefficient (Wildman–Crippen LogP) is 4.47. The highest BCUT2D eigenvalue weighted by atomic mass is 19.1. The number of carbonyl (C=O) groups is 1. The average molecular weight is 497 g/mol. The summed E-state index contributed by atoms with van der Waals surface area (Å²) in [5, 5.41) is 13.1. The number of aryl methyl sites for hydroxylation is 1. The summed E-state index contributed by atoms with van der Waals surface area (Å²) >= 11 is 0. The van der Waals surface area contributed by atoms with Gasteiger partial charge in [-0.25, -0.2) is 9.07 Å². The van der Waals surface area contributed by atoms with E-state index in [9.17, 15) is 9.18 Å². The molecule has 5 rings (SSSR count). The Balaban J connectivity index is 1.41. The molecule has 2 aliphatic rings. The molecule has 4 heterocycles. The van der Waals surface area contributed by atoms with E-state index in [1.54, 1.807) is 18.5 Å². The van der Waals surface area contributed by atoms with Crippen LogP contribution in [-0.4, -0.2) is 67.8 Å². The molecule has 3 atom stereocenters. The van der Waals surface area contributed by atoms with Gasteiger partial charge < -0.3 is 10.1 Å². The molecule has 1 N–H and O–H groups in total. The maximum absolute atomic E-state index is 14.2. The van der Waals surface area contributed by atoms with Crippen molar-refractivity contribution in [3.05, 3.63) is 36.3 Å². The second-order valence-corrected chi connectivity index (χ2v) is 11.0. The molecule has 2 aliphatic heterocycles. The Kier molecular flexibility index (Phi) is 6.87. The van der Waals surface area contributed by atoms with Crippen molar-refractivity contribution in [1.82, 2.24) is 29.8 Å². The summed E-state index contributed by atoms with van der Waals surface area (Å²) in [6, 6.07) is 6.33. The largest absolute Gasteiger partial charge is 0.356 e. The monoisotopic (exact) mass is 496 g/mol. The molecule has 3 aromatic rings. The number of fused-ring (bicyclic) bond motifs is 1. The Labute approximate surface area is 211 Å². The number of halogens is 1. The normalized spacial score (nSPS) is 23.8. The van der Waals surface area contributed by atoms with Gasteiger partial charge in [0.25, 0.3) is 5.91 Å². The number of piperidine rings is 1. The molecule has 0 saturated carbocycles. The van der Waals surface area contributed by atoms with Crippen LogP contribution in [0.3, 0.4) is 0 Å². The van der Waals surface area contributed by atoms with Crippen LogP contribution in [0.2, 0.25) is 0 Å². The number of nitrogens with one attached hydrogen (secondary N) is 1. The molecule has 0 bridgehead atoms. The van der Waals surface area contributed by atoms with Crippen LogP contribution >= 0.6 is 0 Å². The zero-order valence-corrected chi connectivity index (χ0v) is 21.7. The fraction of sp³-hybridized carbons (Fsp3) is 0.593. The van der Waals surface area contributed by atoms with Crippen molar-refractivity contribution >= 4 is 16.8 Å². The van der Waals surface area contributed by atoms with E-state index in [2.05, 4.69) is 22.2 Å². The van der Waals surface area contributed by atoms with Crippen LogP contribution in [0, 0.1) is 0 Å². The summed E-state index contributed by atoms with van der Waals surface area (Å²) in [4.78, 5) is 15.7. The Morgan fingerprint density at radius 1 is 1.25 bits per heavy atom. The van der Waals surface area contributed by atoms with Crippen LogP contribution in [0.5, 0.6) is 0 Å². The van der Waals surface area contributed by atoms with Crippen molar-refractivity contribution < 1.29 is 13.9 Å². The SMILES string of the molecule is CC1CC(NC(=O)c2nn(C3CCCCO3)c3ccc(-c4cnn(C)c4)cc23)CCN1CC(C)(C)F. The summed E-state index contributed by atoms with van der Waals surface area (Å²) < 4.78 is 23.9. The van der Waals surface area contributed by atoms with Crippen LogP contribution < -0.4 is 5.32 Å². The van der Waals surface area contributed by atoms with Crippen LogP contribution in [0.1, 0.15) is 69.6 Å². The van der Waals surface area contributed by atoms with Crippen LogP contribution in [0.25, 0.3) is 22.0 Å². The molecule has 0 spiro atoms. The second kappa shape index (κ2) is 9.94. The van der Waals surface area contributed by atoms with Gasteiger partial charge in [0.05, 0.1) is 11.7 Å². The topological polar surface area (TPSA) is 77.2 Å². The number of rotatable bonds is 6. The van der Waals surface area contributed by atoms with E-state index < -0.39 is 5.67 Å². The Morgan fingerprint density at radius 3 is 2.75 bits per heavy atom. The minimum Gasteiger partial charge on any atom is -0.356 e. The predicted molar refractivity (Wildman–Crippen MR) is 137 cm³/mol. The molecule has 2 fully saturated rings. The van der Waals surface area contributed by atoms with Crippen molar-refractivity contribution in [2.24, 2.45) is 7.05 Å². The van der Waals surface area contributed by atoms with Crippen molar-refractivity contribution in [2.75, 3.05) is 19.7 Å². The molecular weight excluding hydrogens is 459 g/mol. The third-order valence-corrected chi connectivity index (χ3v) is 7.32. The van der Waals surface area contributed by atoms with E-state index >= 15 is 0 Å². The summed E-state index contributed by atoms with van der Waals surface area (Å²) in [6.07, 6.45) is 8.19. The lowest BCUT2D eigenvalue weighted by Gasteiger charge is -2.39. The molecule has 0 radical (unpaired) electrons. The molecular formula is C27H37FN6O2. The Hall–Kier alpha value is -2.78. The minimum absolute atomic E-state index is 0.0270. The molecule has 2 aromatic heterocycles. The minimum atomic E-state index is -1.23. The highest BCUT2D eigenvalue weighted by Gasteiger charge is 2.32. The number of hydrogen-bond donors (Lipinski definition) is 1. The van der Waals surface area contributed by atoms with Gasteiger partial charge in [-0.05, 0) is 70.6 Å². The molecule has 1 aromatic carbocycles. The summed E-state index contributed by atoms with van der Waals surface area (Å²) in [7, 11) is 1.89. The summed E-state index contributed by atoms with van der Waals surface area (Å²) in [6.45, 7) is 7.20. The van der Waals surface area contributed by atoms with Gasteiger partial charge in [-0.15, -0.1) is 0 Å². The first-order valence-corrected chi connectivity index (χ1v) is 13.0. The number of ether oxygens (including phenoxy) is 1. The fourth-order valence-corrected chi connectivity index (χ4v) is 5.52. The van der Waals surface area contributed by atoms with Crippen LogP contribution in [-0.2, 0) is 11.8 Å². The number of alkyl halides is 1. The third kappa shape index (κ3) is 5.32. The lowest BCUT2D eigenvalue weighted by Crippen LogP contribution is -2.51. The maximum atomic E-state index is 14.2. The molecule has 8 nitrogen and oxygen atoms in total. The van der Waals surface area contributed by atoms with Gasteiger partial charge >= 0.3 is 0 Å². The highest BCUT2D eigenvalue weighted by Crippen LogP contribution is 2.31. The molecule has 9 heteroatoms. The number of amides is 1. The van der Waals surface area contributed by atoms with E-state index in [0.717, 1.165) is 60.7 Å². The van der Waals surface area contributed by atoms with E-state index in [-0.39, 0.29) is 24.2 Å². The molecule has 3 unspecified atom stereocenters. The number of benzene rings is 1. The van der Waals surface area contributed by atoms with Crippen LogP contribution in [0.4, 0.5) is 4.39 Å². The fourth-order valence-electron chi connectivity index (χ4n) is 5.52. The van der Waals surface area contributed by atoms with Gasteiger partial charge in [-0.2, -0.15) is 10.2 Å². The molecule has 194 valence electrons. The highest BCUT2D eigenvalue weighted by molar-refractivity contribution is 6.06. The van der Waals surface area contributed by atoms with Gasteiger partial charge in [-0.1, -0.05) is 6.07 Å². The van der Waals surface area contributed by atoms with Crippen molar-refractivity contribution in [3.63, 3.8) is 0 Å². The van der Waals surface area contributed by atoms with Gasteiger partial charge in [0.1, 0.15) is 5.67 Å². The quantitative estimate of drug-likeness (QED) is 0.545. The molecule has 0 aliphatic carbocycles. The first kappa shape index (κ1) is 24.9. The zero-order chi connectivity index (χ0) is 25.4. The van der Waals surface area contributed by atoms with Gasteiger partial charge in [0, 0.05) is 56.0 Å². The lowest BCUT2D eigenvalue weighted by atomic mass is 9.96. The average Bonchev–Trinajstić information content (AvgIpc) is 3.44. The van der Waals surface area contributed by atoms with Crippen molar-refractivity contribution in [3.8, 4) is 11.1 Å². The number of likely N-dealkylation sites (tertiary alicyclic amines) is 1. The first-order chi connectivity index (χ1) is 17.2.